The van der Waals surface area contributed by atoms with E-state index < -0.39 is 5.60 Å². The highest BCUT2D eigenvalue weighted by Gasteiger charge is 2.57. The van der Waals surface area contributed by atoms with Crippen LogP contribution in [-0.4, -0.2) is 22.9 Å². The number of ether oxygens (including phenoxy) is 1. The molecule has 1 aliphatic carbocycles. The Bertz CT molecular complexity index is 155. The Labute approximate surface area is 67.6 Å². The van der Waals surface area contributed by atoms with Crippen LogP contribution in [0.15, 0.2) is 0 Å². The summed E-state index contributed by atoms with van der Waals surface area (Å²) in [6.07, 6.45) is 5.47. The first-order valence-corrected chi connectivity index (χ1v) is 4.53. The second-order valence-electron chi connectivity index (χ2n) is 4.11. The molecule has 64 valence electrons. The molecule has 1 N–H and O–H groups in total. The van der Waals surface area contributed by atoms with Crippen LogP contribution in [0, 0.1) is 0 Å². The third kappa shape index (κ3) is 1.09. The van der Waals surface area contributed by atoms with Gasteiger partial charge < -0.3 is 9.84 Å². The van der Waals surface area contributed by atoms with Gasteiger partial charge in [-0.15, -0.1) is 0 Å². The molecule has 1 heterocycles. The summed E-state index contributed by atoms with van der Waals surface area (Å²) in [5.41, 5.74) is -0.682. The van der Waals surface area contributed by atoms with E-state index in [1.165, 1.54) is 6.42 Å². The first-order chi connectivity index (χ1) is 5.16. The number of aliphatic hydroxyl groups is 1. The molecular formula is C9H16O2. The monoisotopic (exact) mass is 156 g/mol. The minimum absolute atomic E-state index is 0.187. The van der Waals surface area contributed by atoms with Gasteiger partial charge in [0.25, 0.3) is 0 Å². The van der Waals surface area contributed by atoms with Crippen molar-refractivity contribution in [3.63, 3.8) is 0 Å². The van der Waals surface area contributed by atoms with Crippen molar-refractivity contribution in [3.8, 4) is 0 Å². The molecule has 0 radical (unpaired) electrons. The van der Waals surface area contributed by atoms with E-state index >= 15 is 0 Å². The Hall–Kier alpha value is -0.0800. The Balaban J connectivity index is 2.07. The number of rotatable bonds is 1. The van der Waals surface area contributed by atoms with Crippen LogP contribution in [0.1, 0.15) is 39.0 Å². The van der Waals surface area contributed by atoms with Gasteiger partial charge in [0.15, 0.2) is 0 Å². The average Bonchev–Trinajstić information content (AvgIpc) is 2.71. The molecule has 0 spiro atoms. The molecule has 0 bridgehead atoms. The third-order valence-electron chi connectivity index (χ3n) is 3.24. The fraction of sp³-hybridized carbons (Fsp3) is 1.00. The summed E-state index contributed by atoms with van der Waals surface area (Å²) in [5, 5.41) is 10.1. The lowest BCUT2D eigenvalue weighted by atomic mass is 9.76. The Morgan fingerprint density at radius 2 is 1.73 bits per heavy atom. The highest BCUT2D eigenvalue weighted by molar-refractivity contribution is 5.06. The van der Waals surface area contributed by atoms with Crippen molar-refractivity contribution in [1.82, 2.24) is 0 Å². The van der Waals surface area contributed by atoms with Crippen LogP contribution in [0.4, 0.5) is 0 Å². The average molecular weight is 156 g/mol. The molecule has 1 unspecified atom stereocenters. The summed E-state index contributed by atoms with van der Waals surface area (Å²) in [4.78, 5) is 0. The van der Waals surface area contributed by atoms with Gasteiger partial charge in [0, 0.05) is 0 Å². The molecule has 2 fully saturated rings. The summed E-state index contributed by atoms with van der Waals surface area (Å²) in [6, 6.07) is 0. The number of hydrogen-bond acceptors (Lipinski definition) is 2. The quantitative estimate of drug-likeness (QED) is 0.583. The predicted octanol–water partition coefficient (Wildman–Crippen LogP) is 1.47. The molecule has 2 aliphatic rings. The molecule has 1 saturated carbocycles. The van der Waals surface area contributed by atoms with Crippen molar-refractivity contribution < 1.29 is 9.84 Å². The largest absolute Gasteiger partial charge is 0.387 e. The highest BCUT2D eigenvalue weighted by atomic mass is 16.6. The van der Waals surface area contributed by atoms with E-state index in [1.807, 2.05) is 6.92 Å². The lowest BCUT2D eigenvalue weighted by Gasteiger charge is -2.35. The van der Waals surface area contributed by atoms with Gasteiger partial charge in [-0.25, -0.2) is 0 Å². The van der Waals surface area contributed by atoms with Crippen molar-refractivity contribution >= 4 is 0 Å². The molecule has 0 aromatic rings. The molecule has 2 rings (SSSR count). The van der Waals surface area contributed by atoms with Crippen LogP contribution in [0.3, 0.4) is 0 Å². The van der Waals surface area contributed by atoms with Gasteiger partial charge in [0.05, 0.1) is 12.2 Å². The molecule has 1 saturated heterocycles. The highest BCUT2D eigenvalue weighted by Crippen LogP contribution is 2.45. The second-order valence-corrected chi connectivity index (χ2v) is 4.11. The van der Waals surface area contributed by atoms with E-state index in [2.05, 4.69) is 0 Å². The van der Waals surface area contributed by atoms with E-state index in [4.69, 9.17) is 4.74 Å². The van der Waals surface area contributed by atoms with Gasteiger partial charge in [-0.2, -0.15) is 0 Å². The molecular weight excluding hydrogens is 140 g/mol. The smallest absolute Gasteiger partial charge is 0.117 e. The summed E-state index contributed by atoms with van der Waals surface area (Å²) in [5.74, 6) is 0. The van der Waals surface area contributed by atoms with Gasteiger partial charge in [-0.3, -0.25) is 0 Å². The Morgan fingerprint density at radius 1 is 1.18 bits per heavy atom. The molecule has 0 aromatic carbocycles. The lowest BCUT2D eigenvalue weighted by Crippen LogP contribution is -2.45. The Kier molecular flexibility index (Phi) is 1.52. The van der Waals surface area contributed by atoms with Gasteiger partial charge in [-0.05, 0) is 19.8 Å². The maximum Gasteiger partial charge on any atom is 0.117 e. The molecule has 2 heteroatoms. The van der Waals surface area contributed by atoms with Gasteiger partial charge in [0.1, 0.15) is 5.60 Å². The standard InChI is InChI=1S/C9H16O2/c1-8(7-11-8)9(10)5-3-2-4-6-9/h10H,2-7H2,1H3. The van der Waals surface area contributed by atoms with Crippen LogP contribution in [0.25, 0.3) is 0 Å². The maximum absolute atomic E-state index is 10.1. The zero-order valence-corrected chi connectivity index (χ0v) is 7.10. The van der Waals surface area contributed by atoms with Crippen LogP contribution in [-0.2, 0) is 4.74 Å². The van der Waals surface area contributed by atoms with E-state index in [0.717, 1.165) is 32.3 Å². The number of epoxide rings is 1. The van der Waals surface area contributed by atoms with E-state index in [0.29, 0.717) is 0 Å². The van der Waals surface area contributed by atoms with Crippen molar-refractivity contribution in [2.75, 3.05) is 6.61 Å². The normalized spacial score (nSPS) is 42.0. The zero-order chi connectivity index (χ0) is 7.95. The van der Waals surface area contributed by atoms with Crippen molar-refractivity contribution in [1.29, 1.82) is 0 Å². The van der Waals surface area contributed by atoms with E-state index in [-0.39, 0.29) is 5.60 Å². The van der Waals surface area contributed by atoms with Crippen LogP contribution in [0.5, 0.6) is 0 Å². The lowest BCUT2D eigenvalue weighted by molar-refractivity contribution is -0.0583. The third-order valence-corrected chi connectivity index (χ3v) is 3.24. The van der Waals surface area contributed by atoms with Gasteiger partial charge >= 0.3 is 0 Å². The summed E-state index contributed by atoms with van der Waals surface area (Å²) in [6.45, 7) is 2.78. The minimum atomic E-state index is -0.495. The summed E-state index contributed by atoms with van der Waals surface area (Å²) < 4.78 is 5.29. The van der Waals surface area contributed by atoms with Crippen molar-refractivity contribution in [2.45, 2.75) is 50.2 Å². The molecule has 0 aromatic heterocycles. The summed E-state index contributed by atoms with van der Waals surface area (Å²) in [7, 11) is 0. The molecule has 2 nitrogen and oxygen atoms in total. The van der Waals surface area contributed by atoms with Crippen LogP contribution < -0.4 is 0 Å². The van der Waals surface area contributed by atoms with Crippen LogP contribution >= 0.6 is 0 Å². The maximum atomic E-state index is 10.1. The fourth-order valence-electron chi connectivity index (χ4n) is 2.04. The first-order valence-electron chi connectivity index (χ1n) is 4.53. The SMILES string of the molecule is CC1(C2(O)CCCCC2)CO1. The van der Waals surface area contributed by atoms with Crippen molar-refractivity contribution in [2.24, 2.45) is 0 Å². The van der Waals surface area contributed by atoms with Gasteiger partial charge in [-0.1, -0.05) is 19.3 Å². The second kappa shape index (κ2) is 2.20. The first kappa shape index (κ1) is 7.56. The van der Waals surface area contributed by atoms with Crippen LogP contribution in [0.2, 0.25) is 0 Å². The minimum Gasteiger partial charge on any atom is -0.387 e. The molecule has 1 atom stereocenters. The summed E-state index contributed by atoms with van der Waals surface area (Å²) >= 11 is 0. The number of hydrogen-bond donors (Lipinski definition) is 1. The van der Waals surface area contributed by atoms with E-state index in [1.54, 1.807) is 0 Å². The predicted molar refractivity (Wildman–Crippen MR) is 42.4 cm³/mol. The molecule has 11 heavy (non-hydrogen) atoms. The Morgan fingerprint density at radius 3 is 2.18 bits per heavy atom. The van der Waals surface area contributed by atoms with E-state index in [9.17, 15) is 5.11 Å². The molecule has 0 amide bonds. The van der Waals surface area contributed by atoms with Crippen molar-refractivity contribution in [3.05, 3.63) is 0 Å². The fourth-order valence-corrected chi connectivity index (χ4v) is 2.04. The van der Waals surface area contributed by atoms with Gasteiger partial charge in [0.2, 0.25) is 0 Å². The zero-order valence-electron chi connectivity index (χ0n) is 7.10. The molecule has 1 aliphatic heterocycles. The topological polar surface area (TPSA) is 32.8 Å².